The Bertz CT molecular complexity index is 1020. The first-order valence-electron chi connectivity index (χ1n) is 7.55. The standard InChI is InChI=1S/C17H15N3O5S/c1-9-7-10(8-24-2)13-14(18)15(26-16(13)19-9)17(21)25-12-6-4-3-5-11(12)20(22)23/h3-7H,8,18H2,1-2H3. The third kappa shape index (κ3) is 3.22. The number of benzene rings is 1. The zero-order valence-corrected chi connectivity index (χ0v) is 14.8. The van der Waals surface area contributed by atoms with Gasteiger partial charge >= 0.3 is 11.7 Å². The number of ether oxygens (including phenoxy) is 2. The number of thiophene rings is 1. The van der Waals surface area contributed by atoms with Crippen molar-refractivity contribution in [2.45, 2.75) is 13.5 Å². The van der Waals surface area contributed by atoms with Crippen LogP contribution in [0.3, 0.4) is 0 Å². The molecule has 26 heavy (non-hydrogen) atoms. The second kappa shape index (κ2) is 7.06. The van der Waals surface area contributed by atoms with Gasteiger partial charge in [-0.15, -0.1) is 11.3 Å². The lowest BCUT2D eigenvalue weighted by Crippen LogP contribution is -2.10. The van der Waals surface area contributed by atoms with Gasteiger partial charge in [0.2, 0.25) is 5.75 Å². The summed E-state index contributed by atoms with van der Waals surface area (Å²) in [5, 5.41) is 11.7. The highest BCUT2D eigenvalue weighted by Crippen LogP contribution is 2.37. The summed E-state index contributed by atoms with van der Waals surface area (Å²) in [6, 6.07) is 7.50. The minimum Gasteiger partial charge on any atom is -0.415 e. The number of aromatic nitrogens is 1. The Kier molecular flexibility index (Phi) is 4.83. The van der Waals surface area contributed by atoms with Gasteiger partial charge < -0.3 is 15.2 Å². The molecule has 0 aliphatic heterocycles. The number of aryl methyl sites for hydroxylation is 1. The van der Waals surface area contributed by atoms with Crippen LogP contribution in [0.5, 0.6) is 5.75 Å². The van der Waals surface area contributed by atoms with Crippen LogP contribution in [0.15, 0.2) is 30.3 Å². The fourth-order valence-electron chi connectivity index (χ4n) is 2.60. The number of nitrogens with zero attached hydrogens (tertiary/aromatic N) is 2. The van der Waals surface area contributed by atoms with Gasteiger partial charge in [-0.3, -0.25) is 10.1 Å². The largest absolute Gasteiger partial charge is 0.415 e. The van der Waals surface area contributed by atoms with Gasteiger partial charge in [0, 0.05) is 24.3 Å². The molecule has 3 rings (SSSR count). The first-order valence-corrected chi connectivity index (χ1v) is 8.37. The quantitative estimate of drug-likeness (QED) is 0.315. The molecule has 0 atom stereocenters. The van der Waals surface area contributed by atoms with E-state index in [0.717, 1.165) is 22.6 Å². The second-order valence-electron chi connectivity index (χ2n) is 5.50. The first-order chi connectivity index (χ1) is 12.4. The number of nitrogen functional groups attached to an aromatic ring is 1. The highest BCUT2D eigenvalue weighted by atomic mass is 32.1. The van der Waals surface area contributed by atoms with Crippen LogP contribution in [0.2, 0.25) is 0 Å². The van der Waals surface area contributed by atoms with Crippen LogP contribution in [0.4, 0.5) is 11.4 Å². The zero-order valence-electron chi connectivity index (χ0n) is 14.0. The molecule has 134 valence electrons. The van der Waals surface area contributed by atoms with E-state index in [4.69, 9.17) is 15.2 Å². The van der Waals surface area contributed by atoms with Crippen molar-refractivity contribution < 1.29 is 19.2 Å². The highest BCUT2D eigenvalue weighted by Gasteiger charge is 2.24. The molecule has 0 fully saturated rings. The number of nitrogens with two attached hydrogens (primary N) is 1. The van der Waals surface area contributed by atoms with Crippen molar-refractivity contribution in [3.05, 3.63) is 56.6 Å². The zero-order chi connectivity index (χ0) is 18.8. The van der Waals surface area contributed by atoms with Crippen LogP contribution < -0.4 is 10.5 Å². The van der Waals surface area contributed by atoms with Gasteiger partial charge in [-0.05, 0) is 24.6 Å². The van der Waals surface area contributed by atoms with Gasteiger partial charge in [-0.1, -0.05) is 12.1 Å². The average Bonchev–Trinajstić information content (AvgIpc) is 2.92. The van der Waals surface area contributed by atoms with Crippen molar-refractivity contribution in [2.24, 2.45) is 0 Å². The van der Waals surface area contributed by atoms with Crippen molar-refractivity contribution in [1.82, 2.24) is 4.98 Å². The van der Waals surface area contributed by atoms with Gasteiger partial charge in [0.15, 0.2) is 0 Å². The molecule has 0 unspecified atom stereocenters. The molecule has 8 nitrogen and oxygen atoms in total. The number of rotatable bonds is 5. The van der Waals surface area contributed by atoms with Crippen molar-refractivity contribution in [3.8, 4) is 5.75 Å². The highest BCUT2D eigenvalue weighted by molar-refractivity contribution is 7.21. The fraction of sp³-hybridized carbons (Fsp3) is 0.176. The van der Waals surface area contributed by atoms with Crippen LogP contribution in [0, 0.1) is 17.0 Å². The van der Waals surface area contributed by atoms with E-state index in [1.165, 1.54) is 18.2 Å². The number of nitro benzene ring substituents is 1. The average molecular weight is 373 g/mol. The van der Waals surface area contributed by atoms with E-state index in [9.17, 15) is 14.9 Å². The number of methoxy groups -OCH3 is 1. The van der Waals surface area contributed by atoms with Crippen LogP contribution in [0.25, 0.3) is 10.2 Å². The summed E-state index contributed by atoms with van der Waals surface area (Å²) in [6.45, 7) is 2.15. The minimum atomic E-state index is -0.763. The van der Waals surface area contributed by atoms with E-state index in [2.05, 4.69) is 4.98 Å². The molecule has 0 radical (unpaired) electrons. The van der Waals surface area contributed by atoms with Gasteiger partial charge in [0.25, 0.3) is 0 Å². The van der Waals surface area contributed by atoms with Gasteiger partial charge in [0.05, 0.1) is 17.2 Å². The van der Waals surface area contributed by atoms with E-state index in [1.54, 1.807) is 13.2 Å². The van der Waals surface area contributed by atoms with E-state index in [1.807, 2.05) is 13.0 Å². The molecule has 2 N–H and O–H groups in total. The number of para-hydroxylation sites is 2. The van der Waals surface area contributed by atoms with E-state index >= 15 is 0 Å². The molecule has 0 saturated carbocycles. The Labute approximate surface area is 152 Å². The van der Waals surface area contributed by atoms with Crippen LogP contribution >= 0.6 is 11.3 Å². The van der Waals surface area contributed by atoms with Crippen LogP contribution in [-0.4, -0.2) is 23.0 Å². The number of anilines is 1. The van der Waals surface area contributed by atoms with Gasteiger partial charge in [-0.25, -0.2) is 9.78 Å². The second-order valence-corrected chi connectivity index (χ2v) is 6.49. The summed E-state index contributed by atoms with van der Waals surface area (Å²) in [6.07, 6.45) is 0. The summed E-state index contributed by atoms with van der Waals surface area (Å²) in [5.41, 5.74) is 7.67. The molecule has 0 saturated heterocycles. The van der Waals surface area contributed by atoms with Crippen LogP contribution in [0.1, 0.15) is 20.9 Å². The third-order valence-electron chi connectivity index (χ3n) is 3.66. The summed E-state index contributed by atoms with van der Waals surface area (Å²) >= 11 is 1.08. The molecule has 0 amide bonds. The molecular formula is C17H15N3O5S. The Morgan fingerprint density at radius 2 is 2.12 bits per heavy atom. The van der Waals surface area contributed by atoms with Crippen molar-refractivity contribution in [3.63, 3.8) is 0 Å². The Morgan fingerprint density at radius 1 is 1.38 bits per heavy atom. The van der Waals surface area contributed by atoms with Crippen molar-refractivity contribution in [2.75, 3.05) is 12.8 Å². The Balaban J connectivity index is 2.03. The number of esters is 1. The molecule has 3 aromatic rings. The molecule has 1 aromatic carbocycles. The van der Waals surface area contributed by atoms with E-state index < -0.39 is 10.9 Å². The van der Waals surface area contributed by atoms with Crippen molar-refractivity contribution in [1.29, 1.82) is 0 Å². The lowest BCUT2D eigenvalue weighted by molar-refractivity contribution is -0.385. The summed E-state index contributed by atoms with van der Waals surface area (Å²) < 4.78 is 10.4. The maximum absolute atomic E-state index is 12.6. The van der Waals surface area contributed by atoms with E-state index in [-0.39, 0.29) is 22.0 Å². The molecule has 2 aromatic heterocycles. The molecule has 2 heterocycles. The SMILES string of the molecule is COCc1cc(C)nc2sc(C(=O)Oc3ccccc3[N+](=O)[O-])c(N)c12. The van der Waals surface area contributed by atoms with Gasteiger partial charge in [0.1, 0.15) is 9.71 Å². The fourth-order valence-corrected chi connectivity index (χ4v) is 3.66. The summed E-state index contributed by atoms with van der Waals surface area (Å²) in [4.78, 5) is 28.2. The monoisotopic (exact) mass is 373 g/mol. The van der Waals surface area contributed by atoms with Crippen LogP contribution in [-0.2, 0) is 11.3 Å². The number of hydrogen-bond acceptors (Lipinski definition) is 8. The maximum atomic E-state index is 12.6. The summed E-state index contributed by atoms with van der Waals surface area (Å²) in [5.74, 6) is -0.901. The van der Waals surface area contributed by atoms with E-state index in [0.29, 0.717) is 16.8 Å². The summed E-state index contributed by atoms with van der Waals surface area (Å²) in [7, 11) is 1.56. The maximum Gasteiger partial charge on any atom is 0.356 e. The normalized spacial score (nSPS) is 10.8. The number of nitro groups is 1. The minimum absolute atomic E-state index is 0.138. The number of carbonyl (C=O) groups excluding carboxylic acids is 1. The topological polar surface area (TPSA) is 118 Å². The number of hydrogen-bond donors (Lipinski definition) is 1. The molecule has 0 bridgehead atoms. The predicted molar refractivity (Wildman–Crippen MR) is 97.5 cm³/mol. The molecule has 9 heteroatoms. The Morgan fingerprint density at radius 3 is 2.81 bits per heavy atom. The predicted octanol–water partition coefficient (Wildman–Crippen LogP) is 3.46. The van der Waals surface area contributed by atoms with Crippen molar-refractivity contribution >= 4 is 38.9 Å². The molecular weight excluding hydrogens is 358 g/mol. The first kappa shape index (κ1) is 17.8. The number of pyridine rings is 1. The smallest absolute Gasteiger partial charge is 0.356 e. The molecule has 0 aliphatic rings. The molecule has 0 spiro atoms. The third-order valence-corrected chi connectivity index (χ3v) is 4.74. The lowest BCUT2D eigenvalue weighted by Gasteiger charge is -2.05. The lowest BCUT2D eigenvalue weighted by atomic mass is 10.1. The number of fused-ring (bicyclic) bond motifs is 1. The molecule has 0 aliphatic carbocycles. The van der Waals surface area contributed by atoms with Gasteiger partial charge in [-0.2, -0.15) is 0 Å². The number of carbonyl (C=O) groups is 1. The Hall–Kier alpha value is -3.04.